The Morgan fingerprint density at radius 1 is 1.23 bits per heavy atom. The van der Waals surface area contributed by atoms with Gasteiger partial charge in [0.25, 0.3) is 0 Å². The Balaban J connectivity index is 1.87. The second-order valence-electron chi connectivity index (χ2n) is 10.8. The number of methoxy groups -OCH3 is 1. The van der Waals surface area contributed by atoms with Gasteiger partial charge in [0.15, 0.2) is 17.3 Å². The lowest BCUT2D eigenvalue weighted by atomic mass is 9.93. The summed E-state index contributed by atoms with van der Waals surface area (Å²) in [6.07, 6.45) is 2.74. The number of carbonyl (C=O) groups is 1. The third kappa shape index (κ3) is 4.90. The number of pyridine rings is 2. The van der Waals surface area contributed by atoms with Crippen LogP contribution in [0.5, 0.6) is 5.75 Å². The number of hydrogen-bond donors (Lipinski definition) is 1. The maximum Gasteiger partial charge on any atom is 0.322 e. The smallest absolute Gasteiger partial charge is 0.322 e. The zero-order valence-electron chi connectivity index (χ0n) is 23.8. The van der Waals surface area contributed by atoms with E-state index < -0.39 is 39.7 Å². The van der Waals surface area contributed by atoms with Gasteiger partial charge in [-0.15, -0.1) is 0 Å². The maximum absolute atomic E-state index is 15.0. The molecule has 5 rings (SSSR count). The molecule has 1 fully saturated rings. The van der Waals surface area contributed by atoms with E-state index in [0.717, 1.165) is 27.3 Å². The SMILES string of the molecule is C=CC(=O)N1CC(Cn2c(=O)c(=O)n(-c3c(C)ccnc3C(C)C)c3nc(-c4c(O)ccc(F)c4F)c(Cl)cc32)(OC)C1. The van der Waals surface area contributed by atoms with Gasteiger partial charge in [0.1, 0.15) is 11.4 Å². The molecular weight excluding hydrogens is 584 g/mol. The fourth-order valence-corrected chi connectivity index (χ4v) is 5.60. The van der Waals surface area contributed by atoms with Crippen LogP contribution in [0.4, 0.5) is 8.78 Å². The standard InChI is InChI=1S/C30H28ClF2N5O5/c1-6-21(40)36-12-30(13-36,43-5)14-37-19-11-17(31)25(22-20(39)8-7-18(32)23(22)33)35-27(19)38(29(42)28(37)41)26-16(4)9-10-34-24(26)15(2)3/h6-11,15,39H,1,12-14H2,2-5H3. The summed E-state index contributed by atoms with van der Waals surface area (Å²) < 4.78 is 37.3. The Kier molecular flexibility index (Phi) is 7.69. The Morgan fingerprint density at radius 3 is 2.56 bits per heavy atom. The van der Waals surface area contributed by atoms with E-state index in [0.29, 0.717) is 16.9 Å². The molecule has 3 aromatic heterocycles. The molecule has 0 atom stereocenters. The topological polar surface area (TPSA) is 120 Å². The Morgan fingerprint density at radius 2 is 1.93 bits per heavy atom. The summed E-state index contributed by atoms with van der Waals surface area (Å²) in [5, 5.41) is 10.3. The lowest BCUT2D eigenvalue weighted by Crippen LogP contribution is -2.66. The lowest BCUT2D eigenvalue weighted by Gasteiger charge is -2.48. The van der Waals surface area contributed by atoms with E-state index in [1.165, 1.54) is 18.1 Å². The molecule has 4 aromatic rings. The number of benzene rings is 1. The minimum absolute atomic E-state index is 0.0810. The Labute approximate surface area is 249 Å². The molecule has 43 heavy (non-hydrogen) atoms. The predicted octanol–water partition coefficient (Wildman–Crippen LogP) is 4.09. The number of likely N-dealkylation sites (tertiary alicyclic amines) is 1. The summed E-state index contributed by atoms with van der Waals surface area (Å²) in [5.41, 5.74) is -2.54. The molecule has 224 valence electrons. The van der Waals surface area contributed by atoms with Gasteiger partial charge in [-0.25, -0.2) is 13.8 Å². The monoisotopic (exact) mass is 611 g/mol. The molecule has 1 aliphatic rings. The molecule has 1 N–H and O–H groups in total. The van der Waals surface area contributed by atoms with Crippen molar-refractivity contribution in [2.75, 3.05) is 20.2 Å². The van der Waals surface area contributed by atoms with Gasteiger partial charge in [-0.05, 0) is 48.7 Å². The molecule has 10 nitrogen and oxygen atoms in total. The lowest BCUT2D eigenvalue weighted by molar-refractivity contribution is -0.160. The van der Waals surface area contributed by atoms with E-state index >= 15 is 4.39 Å². The summed E-state index contributed by atoms with van der Waals surface area (Å²) in [4.78, 5) is 50.3. The van der Waals surface area contributed by atoms with E-state index in [2.05, 4.69) is 16.5 Å². The van der Waals surface area contributed by atoms with Crippen molar-refractivity contribution in [2.24, 2.45) is 0 Å². The summed E-state index contributed by atoms with van der Waals surface area (Å²) >= 11 is 6.57. The third-order valence-corrected chi connectivity index (χ3v) is 7.92. The van der Waals surface area contributed by atoms with Gasteiger partial charge in [0.05, 0.1) is 52.8 Å². The quantitative estimate of drug-likeness (QED) is 0.247. The molecule has 1 saturated heterocycles. The average molecular weight is 612 g/mol. The first-order valence-corrected chi connectivity index (χ1v) is 13.7. The van der Waals surface area contributed by atoms with Crippen molar-refractivity contribution in [1.29, 1.82) is 0 Å². The van der Waals surface area contributed by atoms with Crippen molar-refractivity contribution in [3.63, 3.8) is 0 Å². The number of nitrogens with zero attached hydrogens (tertiary/aromatic N) is 5. The van der Waals surface area contributed by atoms with Gasteiger partial charge in [-0.1, -0.05) is 32.0 Å². The molecule has 0 radical (unpaired) electrons. The normalized spacial score (nSPS) is 14.3. The Hall–Kier alpha value is -4.42. The van der Waals surface area contributed by atoms with Crippen molar-refractivity contribution in [1.82, 2.24) is 24.0 Å². The molecule has 13 heteroatoms. The highest BCUT2D eigenvalue weighted by Gasteiger charge is 2.46. The number of ether oxygens (including phenoxy) is 1. The van der Waals surface area contributed by atoms with Crippen molar-refractivity contribution < 1.29 is 23.4 Å². The molecule has 0 bridgehead atoms. The predicted molar refractivity (Wildman–Crippen MR) is 157 cm³/mol. The van der Waals surface area contributed by atoms with Crippen LogP contribution in [0.3, 0.4) is 0 Å². The first-order valence-electron chi connectivity index (χ1n) is 13.3. The number of halogens is 3. The van der Waals surface area contributed by atoms with Gasteiger partial charge in [0, 0.05) is 13.3 Å². The van der Waals surface area contributed by atoms with E-state index in [1.807, 2.05) is 13.8 Å². The molecule has 4 heterocycles. The van der Waals surface area contributed by atoms with Crippen LogP contribution in [-0.4, -0.2) is 60.8 Å². The number of amides is 1. The van der Waals surface area contributed by atoms with Crippen LogP contribution in [0.2, 0.25) is 5.02 Å². The average Bonchev–Trinajstić information content (AvgIpc) is 2.95. The van der Waals surface area contributed by atoms with Gasteiger partial charge in [0.2, 0.25) is 5.91 Å². The molecule has 0 unspecified atom stereocenters. The van der Waals surface area contributed by atoms with E-state index in [1.54, 1.807) is 19.2 Å². The summed E-state index contributed by atoms with van der Waals surface area (Å²) in [6, 6.07) is 4.68. The highest BCUT2D eigenvalue weighted by atomic mass is 35.5. The summed E-state index contributed by atoms with van der Waals surface area (Å²) in [5.74, 6) is -3.77. The number of carbonyl (C=O) groups excluding carboxylic acids is 1. The van der Waals surface area contributed by atoms with Gasteiger partial charge >= 0.3 is 11.1 Å². The van der Waals surface area contributed by atoms with Gasteiger partial charge < -0.3 is 14.7 Å². The summed E-state index contributed by atoms with van der Waals surface area (Å²) in [6.45, 7) is 9.03. The van der Waals surface area contributed by atoms with Crippen molar-refractivity contribution in [2.45, 2.75) is 38.8 Å². The van der Waals surface area contributed by atoms with Crippen molar-refractivity contribution in [3.05, 3.63) is 91.7 Å². The molecule has 0 saturated carbocycles. The zero-order valence-corrected chi connectivity index (χ0v) is 24.6. The first-order chi connectivity index (χ1) is 20.3. The van der Waals surface area contributed by atoms with Crippen molar-refractivity contribution >= 4 is 28.7 Å². The Bertz CT molecular complexity index is 1930. The highest BCUT2D eigenvalue weighted by molar-refractivity contribution is 6.33. The number of fused-ring (bicyclic) bond motifs is 1. The largest absolute Gasteiger partial charge is 0.507 e. The molecule has 0 spiro atoms. The van der Waals surface area contributed by atoms with Crippen LogP contribution < -0.4 is 11.1 Å². The van der Waals surface area contributed by atoms with Gasteiger partial charge in [-0.3, -0.25) is 28.5 Å². The van der Waals surface area contributed by atoms with E-state index in [4.69, 9.17) is 16.3 Å². The second kappa shape index (κ2) is 11.0. The minimum atomic E-state index is -1.39. The van der Waals surface area contributed by atoms with Crippen LogP contribution in [0.25, 0.3) is 28.1 Å². The fourth-order valence-electron chi connectivity index (χ4n) is 5.36. The number of aromatic nitrogens is 4. The van der Waals surface area contributed by atoms with E-state index in [9.17, 15) is 23.9 Å². The number of aromatic hydroxyl groups is 1. The zero-order chi connectivity index (χ0) is 31.4. The van der Waals surface area contributed by atoms with E-state index in [-0.39, 0.29) is 53.3 Å². The third-order valence-electron chi connectivity index (χ3n) is 7.63. The number of aryl methyl sites for hydroxylation is 1. The minimum Gasteiger partial charge on any atom is -0.507 e. The van der Waals surface area contributed by atoms with Crippen LogP contribution >= 0.6 is 11.6 Å². The number of rotatable bonds is 7. The fraction of sp³-hybridized carbons (Fsp3) is 0.300. The second-order valence-corrected chi connectivity index (χ2v) is 11.2. The maximum atomic E-state index is 15.0. The molecular formula is C30H28ClF2N5O5. The van der Waals surface area contributed by atoms with Crippen LogP contribution in [0.1, 0.15) is 31.0 Å². The number of phenols is 1. The molecule has 1 aliphatic heterocycles. The molecule has 1 amide bonds. The van der Waals surface area contributed by atoms with Crippen LogP contribution in [0.15, 0.2) is 52.7 Å². The first kappa shape index (κ1) is 30.1. The van der Waals surface area contributed by atoms with Gasteiger partial charge in [-0.2, -0.15) is 0 Å². The number of hydrogen-bond acceptors (Lipinski definition) is 7. The van der Waals surface area contributed by atoms with Crippen molar-refractivity contribution in [3.8, 4) is 22.7 Å². The van der Waals surface area contributed by atoms with Crippen LogP contribution in [0, 0.1) is 18.6 Å². The number of phenolic OH excluding ortho intramolecular Hbond substituents is 1. The van der Waals surface area contributed by atoms with Crippen LogP contribution in [-0.2, 0) is 16.1 Å². The molecule has 1 aromatic carbocycles. The molecule has 0 aliphatic carbocycles. The summed E-state index contributed by atoms with van der Waals surface area (Å²) in [7, 11) is 1.43. The highest BCUT2D eigenvalue weighted by Crippen LogP contribution is 2.38.